The maximum absolute atomic E-state index is 11.7. The molecule has 20 heavy (non-hydrogen) atoms. The summed E-state index contributed by atoms with van der Waals surface area (Å²) in [5.41, 5.74) is 16.4. The van der Waals surface area contributed by atoms with E-state index in [1.54, 1.807) is 30.3 Å². The zero-order valence-corrected chi connectivity index (χ0v) is 10.7. The molecule has 0 aromatic heterocycles. The van der Waals surface area contributed by atoms with E-state index in [1.165, 1.54) is 0 Å². The summed E-state index contributed by atoms with van der Waals surface area (Å²) < 4.78 is 0. The Morgan fingerprint density at radius 2 is 1.75 bits per heavy atom. The topological polar surface area (TPSA) is 149 Å². The Kier molecular flexibility index (Phi) is 5.85. The fourth-order valence-corrected chi connectivity index (χ4v) is 1.26. The van der Waals surface area contributed by atoms with E-state index in [1.807, 2.05) is 0 Å². The van der Waals surface area contributed by atoms with E-state index in [2.05, 4.69) is 15.3 Å². The van der Waals surface area contributed by atoms with Crippen molar-refractivity contribution in [1.82, 2.24) is 5.32 Å². The number of carbonyl (C=O) groups is 2. The molecule has 0 aliphatic heterocycles. The van der Waals surface area contributed by atoms with Gasteiger partial charge in [0.05, 0.1) is 0 Å². The first kappa shape index (κ1) is 15.3. The number of nitrogens with two attached hydrogens (primary N) is 3. The normalized spacial score (nSPS) is 12.1. The number of guanidine groups is 2. The Morgan fingerprint density at radius 1 is 1.10 bits per heavy atom. The molecule has 1 rings (SSSR count). The van der Waals surface area contributed by atoms with Crippen LogP contribution in [0.5, 0.6) is 0 Å². The number of hydrogen-bond acceptors (Lipinski definition) is 3. The minimum Gasteiger partial charge on any atom is -0.369 e. The fourth-order valence-electron chi connectivity index (χ4n) is 1.26. The zero-order valence-electron chi connectivity index (χ0n) is 10.7. The van der Waals surface area contributed by atoms with Crippen LogP contribution in [0.4, 0.5) is 0 Å². The van der Waals surface area contributed by atoms with Crippen LogP contribution in [0.2, 0.25) is 0 Å². The molecule has 1 aromatic carbocycles. The van der Waals surface area contributed by atoms with E-state index >= 15 is 0 Å². The highest BCUT2D eigenvalue weighted by molar-refractivity contribution is 6.06. The largest absolute Gasteiger partial charge is 0.369 e. The van der Waals surface area contributed by atoms with E-state index in [-0.39, 0.29) is 24.9 Å². The van der Waals surface area contributed by atoms with Gasteiger partial charge in [0, 0.05) is 18.5 Å². The van der Waals surface area contributed by atoms with E-state index in [0.29, 0.717) is 5.56 Å². The van der Waals surface area contributed by atoms with Gasteiger partial charge in [0.15, 0.2) is 0 Å². The van der Waals surface area contributed by atoms with Crippen molar-refractivity contribution in [2.24, 2.45) is 27.2 Å². The van der Waals surface area contributed by atoms with Gasteiger partial charge in [-0.25, -0.2) is 0 Å². The van der Waals surface area contributed by atoms with Crippen molar-refractivity contribution in [3.8, 4) is 0 Å². The molecule has 0 saturated carbocycles. The van der Waals surface area contributed by atoms with Crippen LogP contribution in [0, 0.1) is 0 Å². The summed E-state index contributed by atoms with van der Waals surface area (Å²) in [5.74, 6) is -1.53. The number of benzene rings is 1. The van der Waals surface area contributed by atoms with E-state index in [0.717, 1.165) is 0 Å². The minimum atomic E-state index is -0.548. The highest BCUT2D eigenvalue weighted by Crippen LogP contribution is 2.00. The van der Waals surface area contributed by atoms with Crippen molar-refractivity contribution in [1.29, 1.82) is 0 Å². The second kappa shape index (κ2) is 7.64. The van der Waals surface area contributed by atoms with Gasteiger partial charge in [0.2, 0.25) is 17.8 Å². The molecular formula is C12H16N6O2. The lowest BCUT2D eigenvalue weighted by molar-refractivity contribution is -0.119. The predicted octanol–water partition coefficient (Wildman–Crippen LogP) is -1.08. The molecule has 0 heterocycles. The summed E-state index contributed by atoms with van der Waals surface area (Å²) in [6, 6.07) is 8.35. The van der Waals surface area contributed by atoms with Gasteiger partial charge in [0.1, 0.15) is 0 Å². The van der Waals surface area contributed by atoms with Gasteiger partial charge < -0.3 is 17.2 Å². The molecule has 0 spiro atoms. The molecule has 1 aromatic rings. The number of nitrogens with zero attached hydrogens (tertiary/aromatic N) is 2. The lowest BCUT2D eigenvalue weighted by Gasteiger charge is -2.02. The molecule has 8 nitrogen and oxygen atoms in total. The van der Waals surface area contributed by atoms with Crippen molar-refractivity contribution in [3.05, 3.63) is 35.9 Å². The summed E-state index contributed by atoms with van der Waals surface area (Å²) in [5, 5.41) is 2.26. The second-order valence-electron chi connectivity index (χ2n) is 3.73. The first-order valence-corrected chi connectivity index (χ1v) is 5.80. The van der Waals surface area contributed by atoms with Gasteiger partial charge in [-0.2, -0.15) is 9.98 Å². The van der Waals surface area contributed by atoms with Crippen molar-refractivity contribution >= 4 is 23.7 Å². The Hall–Kier alpha value is -2.74. The Morgan fingerprint density at radius 3 is 2.35 bits per heavy atom. The number of nitrogens with one attached hydrogen (secondary N) is 1. The molecule has 7 N–H and O–H groups in total. The van der Waals surface area contributed by atoms with Crippen LogP contribution in [-0.4, -0.2) is 30.3 Å². The van der Waals surface area contributed by atoms with E-state index in [9.17, 15) is 9.59 Å². The van der Waals surface area contributed by atoms with Gasteiger partial charge in [-0.05, 0) is 12.1 Å². The second-order valence-corrected chi connectivity index (χ2v) is 3.73. The highest BCUT2D eigenvalue weighted by Gasteiger charge is 2.05. The third-order valence-corrected chi connectivity index (χ3v) is 2.11. The monoisotopic (exact) mass is 276 g/mol. The molecular weight excluding hydrogens is 260 g/mol. The summed E-state index contributed by atoms with van der Waals surface area (Å²) in [4.78, 5) is 30.0. The van der Waals surface area contributed by atoms with Crippen LogP contribution in [0.25, 0.3) is 0 Å². The Labute approximate surface area is 115 Å². The summed E-state index contributed by atoms with van der Waals surface area (Å²) in [6.45, 7) is 0.190. The highest BCUT2D eigenvalue weighted by atomic mass is 16.2. The summed E-state index contributed by atoms with van der Waals surface area (Å²) in [7, 11) is 0. The maximum atomic E-state index is 11.7. The smallest absolute Gasteiger partial charge is 0.280 e. The van der Waals surface area contributed by atoms with Crippen LogP contribution in [0.15, 0.2) is 40.3 Å². The predicted molar refractivity (Wildman–Crippen MR) is 75.8 cm³/mol. The van der Waals surface area contributed by atoms with Crippen molar-refractivity contribution in [2.75, 3.05) is 6.54 Å². The van der Waals surface area contributed by atoms with Gasteiger partial charge in [-0.15, -0.1) is 0 Å². The molecule has 0 atom stereocenters. The van der Waals surface area contributed by atoms with Crippen molar-refractivity contribution in [3.63, 3.8) is 0 Å². The third kappa shape index (κ3) is 5.27. The molecule has 106 valence electrons. The number of rotatable bonds is 3. The third-order valence-electron chi connectivity index (χ3n) is 2.11. The van der Waals surface area contributed by atoms with Gasteiger partial charge in [-0.3, -0.25) is 14.9 Å². The van der Waals surface area contributed by atoms with Crippen LogP contribution in [-0.2, 0) is 4.79 Å². The van der Waals surface area contributed by atoms with Crippen molar-refractivity contribution < 1.29 is 9.59 Å². The molecule has 8 heteroatoms. The minimum absolute atomic E-state index is 0.107. The average molecular weight is 276 g/mol. The number of amides is 2. The van der Waals surface area contributed by atoms with E-state index < -0.39 is 11.8 Å². The first-order valence-electron chi connectivity index (χ1n) is 5.80. The molecule has 0 aliphatic carbocycles. The van der Waals surface area contributed by atoms with Crippen LogP contribution in [0.1, 0.15) is 16.8 Å². The first-order chi connectivity index (χ1) is 9.52. The quantitative estimate of drug-likeness (QED) is 0.409. The lowest BCUT2D eigenvalue weighted by Crippen LogP contribution is -2.38. The molecule has 0 radical (unpaired) electrons. The average Bonchev–Trinajstić information content (AvgIpc) is 2.39. The summed E-state index contributed by atoms with van der Waals surface area (Å²) in [6.07, 6.45) is 0.107. The van der Waals surface area contributed by atoms with Gasteiger partial charge >= 0.3 is 0 Å². The molecule has 0 fully saturated rings. The number of hydrogen-bond donors (Lipinski definition) is 4. The van der Waals surface area contributed by atoms with E-state index in [4.69, 9.17) is 17.2 Å². The van der Waals surface area contributed by atoms with Crippen LogP contribution >= 0.6 is 0 Å². The molecule has 0 saturated heterocycles. The molecule has 2 amide bonds. The molecule has 0 bridgehead atoms. The van der Waals surface area contributed by atoms with Crippen LogP contribution < -0.4 is 22.5 Å². The molecule has 0 unspecified atom stereocenters. The zero-order chi connectivity index (χ0) is 15.0. The van der Waals surface area contributed by atoms with Crippen molar-refractivity contribution in [2.45, 2.75) is 6.42 Å². The van der Waals surface area contributed by atoms with Crippen LogP contribution in [0.3, 0.4) is 0 Å². The molecule has 0 aliphatic rings. The number of aliphatic imine (C=N–C) groups is 2. The van der Waals surface area contributed by atoms with Gasteiger partial charge in [-0.1, -0.05) is 18.2 Å². The Bertz CT molecular complexity index is 538. The number of carbonyl (C=O) groups excluding carboxylic acids is 2. The maximum Gasteiger partial charge on any atom is 0.280 e. The fraction of sp³-hybridized carbons (Fsp3) is 0.167. The SMILES string of the molecule is NCCC(=O)NC(N)=NC(N)=NC(=O)c1ccccc1. The Balaban J connectivity index is 2.69. The summed E-state index contributed by atoms with van der Waals surface area (Å²) >= 11 is 0. The standard InChI is InChI=1S/C12H16N6O2/c13-7-6-9(19)16-11(14)18-12(15)17-10(20)8-4-2-1-3-5-8/h1-5H,6-7,13H2,(H5,14,15,16,17,18,19,20). The van der Waals surface area contributed by atoms with Gasteiger partial charge in [0.25, 0.3) is 5.91 Å². The lowest BCUT2D eigenvalue weighted by atomic mass is 10.2.